The molecule has 1 saturated heterocycles. The molecule has 3 rings (SSSR count). The topological polar surface area (TPSA) is 63.0 Å². The van der Waals surface area contributed by atoms with Crippen molar-refractivity contribution in [1.29, 1.82) is 0 Å². The second-order valence-electron chi connectivity index (χ2n) is 4.28. The first-order valence-corrected chi connectivity index (χ1v) is 5.75. The van der Waals surface area contributed by atoms with Gasteiger partial charge in [0.2, 0.25) is 0 Å². The van der Waals surface area contributed by atoms with E-state index in [9.17, 15) is 5.11 Å². The van der Waals surface area contributed by atoms with E-state index >= 15 is 0 Å². The van der Waals surface area contributed by atoms with Crippen LogP contribution in [0.2, 0.25) is 0 Å². The smallest absolute Gasteiger partial charge is 0.117 e. The lowest BCUT2D eigenvalue weighted by atomic mass is 10.1. The molecule has 1 atom stereocenters. The number of phenols is 1. The van der Waals surface area contributed by atoms with E-state index in [0.717, 1.165) is 30.9 Å². The van der Waals surface area contributed by atoms with E-state index < -0.39 is 0 Å². The molecule has 1 aromatic heterocycles. The van der Waals surface area contributed by atoms with Crippen molar-refractivity contribution < 1.29 is 5.11 Å². The lowest BCUT2D eigenvalue weighted by molar-refractivity contribution is 0.474. The predicted octanol–water partition coefficient (Wildman–Crippen LogP) is 1.05. The highest BCUT2D eigenvalue weighted by Crippen LogP contribution is 2.24. The van der Waals surface area contributed by atoms with Gasteiger partial charge in [0.1, 0.15) is 5.75 Å². The second-order valence-corrected chi connectivity index (χ2v) is 4.28. The standard InChI is InChI=1S/C12H14N4O/c17-11-3-1-2-10(6-11)16-12(8-14-15-16)9-4-5-13-7-9/h1-3,6,8-9,13,17H,4-5,7H2. The third-order valence-corrected chi connectivity index (χ3v) is 3.13. The highest BCUT2D eigenvalue weighted by atomic mass is 16.3. The number of benzene rings is 1. The number of nitrogens with zero attached hydrogens (tertiary/aromatic N) is 3. The molecule has 5 heteroatoms. The van der Waals surface area contributed by atoms with Crippen molar-refractivity contribution in [2.45, 2.75) is 12.3 Å². The van der Waals surface area contributed by atoms with Crippen molar-refractivity contribution in [3.63, 3.8) is 0 Å². The fourth-order valence-corrected chi connectivity index (χ4v) is 2.25. The number of nitrogens with one attached hydrogen (secondary N) is 1. The Morgan fingerprint density at radius 1 is 1.41 bits per heavy atom. The molecule has 5 nitrogen and oxygen atoms in total. The maximum atomic E-state index is 9.49. The first kappa shape index (κ1) is 10.3. The van der Waals surface area contributed by atoms with Crippen LogP contribution in [0.25, 0.3) is 5.69 Å². The molecule has 2 aromatic rings. The van der Waals surface area contributed by atoms with E-state index in [1.807, 2.05) is 18.3 Å². The summed E-state index contributed by atoms with van der Waals surface area (Å²) in [4.78, 5) is 0. The van der Waals surface area contributed by atoms with Crippen LogP contribution in [-0.2, 0) is 0 Å². The van der Waals surface area contributed by atoms with Gasteiger partial charge in [0.15, 0.2) is 0 Å². The van der Waals surface area contributed by atoms with Gasteiger partial charge >= 0.3 is 0 Å². The van der Waals surface area contributed by atoms with Crippen molar-refractivity contribution in [2.24, 2.45) is 0 Å². The molecule has 0 spiro atoms. The van der Waals surface area contributed by atoms with Gasteiger partial charge in [-0.3, -0.25) is 0 Å². The van der Waals surface area contributed by atoms with Crippen molar-refractivity contribution >= 4 is 0 Å². The van der Waals surface area contributed by atoms with Gasteiger partial charge in [-0.1, -0.05) is 11.3 Å². The Morgan fingerprint density at radius 2 is 2.35 bits per heavy atom. The lowest BCUT2D eigenvalue weighted by Crippen LogP contribution is -2.11. The number of hydrogen-bond donors (Lipinski definition) is 2. The van der Waals surface area contributed by atoms with Crippen LogP contribution in [0.15, 0.2) is 30.5 Å². The van der Waals surface area contributed by atoms with E-state index in [-0.39, 0.29) is 5.75 Å². The average molecular weight is 230 g/mol. The van der Waals surface area contributed by atoms with Crippen LogP contribution < -0.4 is 5.32 Å². The second kappa shape index (κ2) is 4.18. The first-order chi connectivity index (χ1) is 8.34. The van der Waals surface area contributed by atoms with Gasteiger partial charge in [0.25, 0.3) is 0 Å². The normalized spacial score (nSPS) is 19.6. The van der Waals surface area contributed by atoms with Crippen LogP contribution in [0, 0.1) is 0 Å². The van der Waals surface area contributed by atoms with Crippen LogP contribution >= 0.6 is 0 Å². The maximum Gasteiger partial charge on any atom is 0.117 e. The molecule has 0 aliphatic carbocycles. The quantitative estimate of drug-likeness (QED) is 0.809. The van der Waals surface area contributed by atoms with Crippen LogP contribution in [0.4, 0.5) is 0 Å². The minimum Gasteiger partial charge on any atom is -0.508 e. The van der Waals surface area contributed by atoms with E-state index in [1.54, 1.807) is 16.8 Å². The maximum absolute atomic E-state index is 9.49. The third kappa shape index (κ3) is 1.89. The number of hydrogen-bond acceptors (Lipinski definition) is 4. The minimum atomic E-state index is 0.244. The van der Waals surface area contributed by atoms with Gasteiger partial charge in [0.05, 0.1) is 17.6 Å². The Bertz CT molecular complexity index is 517. The largest absolute Gasteiger partial charge is 0.508 e. The SMILES string of the molecule is Oc1cccc(-n2nncc2C2CCNC2)c1. The zero-order valence-electron chi connectivity index (χ0n) is 9.37. The monoisotopic (exact) mass is 230 g/mol. The fraction of sp³-hybridized carbons (Fsp3) is 0.333. The molecule has 88 valence electrons. The van der Waals surface area contributed by atoms with Gasteiger partial charge in [-0.25, -0.2) is 4.68 Å². The molecule has 2 heterocycles. The van der Waals surface area contributed by atoms with Crippen molar-refractivity contribution in [3.8, 4) is 11.4 Å². The Labute approximate surface area is 99.1 Å². The van der Waals surface area contributed by atoms with E-state index in [4.69, 9.17) is 0 Å². The van der Waals surface area contributed by atoms with E-state index in [1.165, 1.54) is 0 Å². The Hall–Kier alpha value is -1.88. The Morgan fingerprint density at radius 3 is 3.12 bits per heavy atom. The van der Waals surface area contributed by atoms with Gasteiger partial charge in [-0.2, -0.15) is 0 Å². The third-order valence-electron chi connectivity index (χ3n) is 3.13. The molecular formula is C12H14N4O. The summed E-state index contributed by atoms with van der Waals surface area (Å²) in [5.41, 5.74) is 1.95. The number of aromatic nitrogens is 3. The lowest BCUT2D eigenvalue weighted by Gasteiger charge is -2.10. The van der Waals surface area contributed by atoms with Crippen molar-refractivity contribution in [1.82, 2.24) is 20.3 Å². The fourth-order valence-electron chi connectivity index (χ4n) is 2.25. The molecule has 1 unspecified atom stereocenters. The minimum absolute atomic E-state index is 0.244. The van der Waals surface area contributed by atoms with Crippen LogP contribution in [0.1, 0.15) is 18.0 Å². The molecule has 2 N–H and O–H groups in total. The van der Waals surface area contributed by atoms with Crippen LogP contribution in [0.3, 0.4) is 0 Å². The van der Waals surface area contributed by atoms with E-state index in [2.05, 4.69) is 15.6 Å². The van der Waals surface area contributed by atoms with Crippen molar-refractivity contribution in [2.75, 3.05) is 13.1 Å². The summed E-state index contributed by atoms with van der Waals surface area (Å²) in [6, 6.07) is 7.07. The highest BCUT2D eigenvalue weighted by Gasteiger charge is 2.21. The molecule has 1 fully saturated rings. The molecule has 0 bridgehead atoms. The summed E-state index contributed by atoms with van der Waals surface area (Å²) in [5.74, 6) is 0.695. The predicted molar refractivity (Wildman–Crippen MR) is 63.3 cm³/mol. The summed E-state index contributed by atoms with van der Waals surface area (Å²) in [6.07, 6.45) is 2.91. The first-order valence-electron chi connectivity index (χ1n) is 5.75. The van der Waals surface area contributed by atoms with Crippen LogP contribution in [0.5, 0.6) is 5.75 Å². The summed E-state index contributed by atoms with van der Waals surface area (Å²) >= 11 is 0. The summed E-state index contributed by atoms with van der Waals surface area (Å²) in [7, 11) is 0. The van der Waals surface area contributed by atoms with Gasteiger partial charge < -0.3 is 10.4 Å². The van der Waals surface area contributed by atoms with Crippen molar-refractivity contribution in [3.05, 3.63) is 36.2 Å². The molecule has 1 aliphatic heterocycles. The van der Waals surface area contributed by atoms with Crippen LogP contribution in [-0.4, -0.2) is 33.2 Å². The summed E-state index contributed by atoms with van der Waals surface area (Å²) < 4.78 is 1.80. The van der Waals surface area contributed by atoms with E-state index in [0.29, 0.717) is 5.92 Å². The molecule has 0 amide bonds. The highest BCUT2D eigenvalue weighted by molar-refractivity contribution is 5.39. The molecular weight excluding hydrogens is 216 g/mol. The summed E-state index contributed by atoms with van der Waals surface area (Å²) in [5, 5.41) is 20.9. The zero-order valence-corrected chi connectivity index (χ0v) is 9.37. The zero-order chi connectivity index (χ0) is 11.7. The van der Waals surface area contributed by atoms with Gasteiger partial charge in [0, 0.05) is 18.5 Å². The van der Waals surface area contributed by atoms with Gasteiger partial charge in [-0.15, -0.1) is 5.10 Å². The molecule has 0 radical (unpaired) electrons. The molecule has 1 aliphatic rings. The van der Waals surface area contributed by atoms with Gasteiger partial charge in [-0.05, 0) is 25.1 Å². The Kier molecular flexibility index (Phi) is 2.53. The number of rotatable bonds is 2. The Balaban J connectivity index is 2.00. The number of phenolic OH excluding ortho intramolecular Hbond substituents is 1. The average Bonchev–Trinajstić information content (AvgIpc) is 3.00. The summed E-state index contributed by atoms with van der Waals surface area (Å²) in [6.45, 7) is 2.00. The molecule has 1 aromatic carbocycles. The molecule has 0 saturated carbocycles. The number of aromatic hydroxyl groups is 1. The molecule has 17 heavy (non-hydrogen) atoms.